The number of nitro groups is 1. The molecule has 1 heterocycles. The molecular formula is C21H19N3O8. The van der Waals surface area contributed by atoms with Gasteiger partial charge in [-0.1, -0.05) is 0 Å². The van der Waals surface area contributed by atoms with Gasteiger partial charge in [0.1, 0.15) is 36.3 Å². The fourth-order valence-corrected chi connectivity index (χ4v) is 2.99. The van der Waals surface area contributed by atoms with Crippen LogP contribution in [0, 0.1) is 21.4 Å². The van der Waals surface area contributed by atoms with Crippen LogP contribution in [0.2, 0.25) is 0 Å². The molecule has 0 saturated heterocycles. The average Bonchev–Trinajstić information content (AvgIpc) is 2.81. The van der Waals surface area contributed by atoms with Crippen LogP contribution in [0.3, 0.4) is 0 Å². The number of benzene rings is 2. The van der Waals surface area contributed by atoms with E-state index in [4.69, 9.17) is 23.7 Å². The van der Waals surface area contributed by atoms with Crippen molar-refractivity contribution in [3.63, 3.8) is 0 Å². The number of nitriles is 1. The van der Waals surface area contributed by atoms with Gasteiger partial charge < -0.3 is 29.0 Å². The molecule has 0 aromatic heterocycles. The Morgan fingerprint density at radius 1 is 1.06 bits per heavy atom. The Labute approximate surface area is 182 Å². The molecule has 11 nitrogen and oxygen atoms in total. The standard InChI is InChI=1S/C21H19N3O8/c1-28-16-10-18(30-3)17(29-2)7-12(16)6-13(11-22)21(25)23-14-8-19-20(32-5-4-31-19)9-15(14)24(26)27/h6-10H,4-5H2,1-3H3,(H,23,25)/b13-6+. The molecule has 0 radical (unpaired) electrons. The van der Waals surface area contributed by atoms with Crippen LogP contribution in [0.5, 0.6) is 28.7 Å². The van der Waals surface area contributed by atoms with Crippen molar-refractivity contribution < 1.29 is 33.4 Å². The molecule has 0 aliphatic carbocycles. The highest BCUT2D eigenvalue weighted by Gasteiger charge is 2.24. The molecular weight excluding hydrogens is 422 g/mol. The van der Waals surface area contributed by atoms with Crippen molar-refractivity contribution in [3.05, 3.63) is 45.5 Å². The minimum Gasteiger partial charge on any atom is -0.496 e. The number of ether oxygens (including phenoxy) is 5. The number of carbonyl (C=O) groups is 1. The number of rotatable bonds is 7. The molecule has 3 rings (SSSR count). The van der Waals surface area contributed by atoms with Gasteiger partial charge in [-0.05, 0) is 12.1 Å². The molecule has 2 aromatic rings. The smallest absolute Gasteiger partial charge is 0.296 e. The topological polar surface area (TPSA) is 142 Å². The molecule has 2 aromatic carbocycles. The Morgan fingerprint density at radius 2 is 1.66 bits per heavy atom. The van der Waals surface area contributed by atoms with Gasteiger partial charge in [-0.15, -0.1) is 0 Å². The van der Waals surface area contributed by atoms with Gasteiger partial charge in [0.25, 0.3) is 11.6 Å². The third-order valence-corrected chi connectivity index (χ3v) is 4.51. The van der Waals surface area contributed by atoms with E-state index in [-0.39, 0.29) is 36.0 Å². The van der Waals surface area contributed by atoms with Gasteiger partial charge in [-0.3, -0.25) is 14.9 Å². The molecule has 1 aliphatic heterocycles. The number of carbonyl (C=O) groups excluding carboxylic acids is 1. The van der Waals surface area contributed by atoms with Crippen LogP contribution in [-0.2, 0) is 4.79 Å². The van der Waals surface area contributed by atoms with E-state index in [0.29, 0.717) is 22.8 Å². The quantitative estimate of drug-likeness (QED) is 0.297. The maximum absolute atomic E-state index is 12.8. The lowest BCUT2D eigenvalue weighted by Gasteiger charge is -2.19. The monoisotopic (exact) mass is 441 g/mol. The van der Waals surface area contributed by atoms with Gasteiger partial charge in [-0.25, -0.2) is 0 Å². The Kier molecular flexibility index (Phi) is 6.65. The first-order chi connectivity index (χ1) is 15.4. The zero-order valence-electron chi connectivity index (χ0n) is 17.5. The van der Waals surface area contributed by atoms with E-state index in [9.17, 15) is 20.2 Å². The maximum atomic E-state index is 12.8. The molecule has 11 heteroatoms. The zero-order valence-corrected chi connectivity index (χ0v) is 17.5. The summed E-state index contributed by atoms with van der Waals surface area (Å²) in [7, 11) is 4.32. The Bertz CT molecular complexity index is 1140. The van der Waals surface area contributed by atoms with Gasteiger partial charge in [0, 0.05) is 17.7 Å². The van der Waals surface area contributed by atoms with Crippen LogP contribution < -0.4 is 29.0 Å². The minimum atomic E-state index is -0.857. The van der Waals surface area contributed by atoms with Gasteiger partial charge in [-0.2, -0.15) is 5.26 Å². The predicted octanol–water partition coefficient (Wildman–Crippen LogP) is 2.94. The summed E-state index contributed by atoms with van der Waals surface area (Å²) in [6, 6.07) is 7.33. The molecule has 0 bridgehead atoms. The van der Waals surface area contributed by atoms with Gasteiger partial charge in [0.15, 0.2) is 23.0 Å². The van der Waals surface area contributed by atoms with Crippen LogP contribution in [-0.4, -0.2) is 45.4 Å². The SMILES string of the molecule is COc1cc(OC)c(OC)cc1/C=C(\C#N)C(=O)Nc1cc2c(cc1[N+](=O)[O-])OCCO2. The van der Waals surface area contributed by atoms with E-state index >= 15 is 0 Å². The normalized spacial score (nSPS) is 12.4. The number of anilines is 1. The third kappa shape index (κ3) is 4.49. The van der Waals surface area contributed by atoms with Crippen molar-refractivity contribution in [1.29, 1.82) is 5.26 Å². The molecule has 0 atom stereocenters. The maximum Gasteiger partial charge on any atom is 0.296 e. The second kappa shape index (κ2) is 9.57. The Balaban J connectivity index is 1.98. The second-order valence-electron chi connectivity index (χ2n) is 6.34. The highest BCUT2D eigenvalue weighted by molar-refractivity contribution is 6.10. The van der Waals surface area contributed by atoms with Crippen LogP contribution in [0.15, 0.2) is 29.8 Å². The van der Waals surface area contributed by atoms with E-state index in [1.807, 2.05) is 0 Å². The lowest BCUT2D eigenvalue weighted by molar-refractivity contribution is -0.384. The Hall–Kier alpha value is -4.46. The molecule has 0 saturated carbocycles. The van der Waals surface area contributed by atoms with Gasteiger partial charge >= 0.3 is 0 Å². The van der Waals surface area contributed by atoms with Crippen LogP contribution in [0.25, 0.3) is 6.08 Å². The van der Waals surface area contributed by atoms with Gasteiger partial charge in [0.05, 0.1) is 32.3 Å². The summed E-state index contributed by atoms with van der Waals surface area (Å²) in [4.78, 5) is 23.6. The second-order valence-corrected chi connectivity index (χ2v) is 6.34. The van der Waals surface area contributed by atoms with E-state index < -0.39 is 16.5 Å². The van der Waals surface area contributed by atoms with Crippen LogP contribution in [0.1, 0.15) is 5.56 Å². The van der Waals surface area contributed by atoms with E-state index in [2.05, 4.69) is 5.32 Å². The summed E-state index contributed by atoms with van der Waals surface area (Å²) >= 11 is 0. The molecule has 0 spiro atoms. The molecule has 32 heavy (non-hydrogen) atoms. The molecule has 166 valence electrons. The molecule has 1 aliphatic rings. The number of nitro benzene ring substituents is 1. The summed E-state index contributed by atoms with van der Waals surface area (Å²) in [5, 5.41) is 23.4. The van der Waals surface area contributed by atoms with Crippen LogP contribution >= 0.6 is 0 Å². The summed E-state index contributed by atoms with van der Waals surface area (Å²) in [5.41, 5.74) is -0.485. The summed E-state index contributed by atoms with van der Waals surface area (Å²) in [5.74, 6) is 0.682. The van der Waals surface area contributed by atoms with Crippen molar-refractivity contribution in [1.82, 2.24) is 0 Å². The number of nitrogens with one attached hydrogen (secondary N) is 1. The highest BCUT2D eigenvalue weighted by Crippen LogP contribution is 2.40. The summed E-state index contributed by atoms with van der Waals surface area (Å²) < 4.78 is 26.5. The predicted molar refractivity (Wildman–Crippen MR) is 112 cm³/mol. The van der Waals surface area contributed by atoms with Gasteiger partial charge in [0.2, 0.25) is 0 Å². The first-order valence-corrected chi connectivity index (χ1v) is 9.23. The molecule has 1 N–H and O–H groups in total. The van der Waals surface area contributed by atoms with E-state index in [1.165, 1.54) is 39.5 Å². The van der Waals surface area contributed by atoms with Crippen molar-refractivity contribution in [3.8, 4) is 34.8 Å². The largest absolute Gasteiger partial charge is 0.496 e. The number of fused-ring (bicyclic) bond motifs is 1. The lowest BCUT2D eigenvalue weighted by atomic mass is 10.1. The fraction of sp³-hybridized carbons (Fsp3) is 0.238. The zero-order chi connectivity index (χ0) is 23.3. The molecule has 0 unspecified atom stereocenters. The van der Waals surface area contributed by atoms with Crippen molar-refractivity contribution in [2.24, 2.45) is 0 Å². The van der Waals surface area contributed by atoms with Crippen molar-refractivity contribution in [2.45, 2.75) is 0 Å². The number of amides is 1. The number of hydrogen-bond donors (Lipinski definition) is 1. The fourth-order valence-electron chi connectivity index (χ4n) is 2.99. The lowest BCUT2D eigenvalue weighted by Crippen LogP contribution is -2.18. The molecule has 0 fully saturated rings. The van der Waals surface area contributed by atoms with Crippen molar-refractivity contribution >= 4 is 23.4 Å². The molecule has 1 amide bonds. The summed E-state index contributed by atoms with van der Waals surface area (Å²) in [6.45, 7) is 0.519. The average molecular weight is 441 g/mol. The number of nitrogens with zero attached hydrogens (tertiary/aromatic N) is 2. The van der Waals surface area contributed by atoms with E-state index in [0.717, 1.165) is 6.07 Å². The highest BCUT2D eigenvalue weighted by atomic mass is 16.6. The van der Waals surface area contributed by atoms with E-state index in [1.54, 1.807) is 12.1 Å². The minimum absolute atomic E-state index is 0.135. The Morgan fingerprint density at radius 3 is 2.22 bits per heavy atom. The first-order valence-electron chi connectivity index (χ1n) is 9.23. The summed E-state index contributed by atoms with van der Waals surface area (Å²) in [6.07, 6.45) is 1.28. The number of methoxy groups -OCH3 is 3. The number of hydrogen-bond acceptors (Lipinski definition) is 9. The third-order valence-electron chi connectivity index (χ3n) is 4.51. The van der Waals surface area contributed by atoms with Crippen molar-refractivity contribution in [2.75, 3.05) is 39.9 Å². The van der Waals surface area contributed by atoms with Crippen LogP contribution in [0.4, 0.5) is 11.4 Å². The first kappa shape index (κ1) is 22.2.